The molecule has 0 aromatic heterocycles. The molecule has 4 nitrogen and oxygen atoms in total. The van der Waals surface area contributed by atoms with Gasteiger partial charge in [0.15, 0.2) is 0 Å². The average molecular weight is 230 g/mol. The molecule has 2 unspecified atom stereocenters. The first kappa shape index (κ1) is 10.3. The summed E-state index contributed by atoms with van der Waals surface area (Å²) in [7, 11) is 0. The molecular formula is C13H14N2O2. The number of anilines is 2. The normalized spacial score (nSPS) is 27.6. The van der Waals surface area contributed by atoms with Crippen LogP contribution in [-0.2, 0) is 9.59 Å². The van der Waals surface area contributed by atoms with E-state index < -0.39 is 0 Å². The standard InChI is InChI=1S/C13H14N2O2/c14-8-3-1-4-9(7-8)15-12(16)10-5-2-6-11(10)13(15)17/h1,3-4,7,10-11H,2,5-6,14H2. The van der Waals surface area contributed by atoms with Crippen molar-refractivity contribution >= 4 is 23.2 Å². The van der Waals surface area contributed by atoms with Crippen molar-refractivity contribution in [1.82, 2.24) is 0 Å². The number of benzene rings is 1. The van der Waals surface area contributed by atoms with E-state index in [1.807, 2.05) is 0 Å². The summed E-state index contributed by atoms with van der Waals surface area (Å²) in [5, 5.41) is 0. The first-order valence-electron chi connectivity index (χ1n) is 5.92. The fourth-order valence-corrected chi connectivity index (χ4v) is 2.91. The molecule has 2 aliphatic rings. The second kappa shape index (κ2) is 3.58. The van der Waals surface area contributed by atoms with E-state index >= 15 is 0 Å². The Morgan fingerprint density at radius 3 is 2.35 bits per heavy atom. The maximum absolute atomic E-state index is 12.2. The maximum atomic E-state index is 12.2. The van der Waals surface area contributed by atoms with E-state index in [1.165, 1.54) is 4.90 Å². The number of nitrogens with zero attached hydrogens (tertiary/aromatic N) is 1. The highest BCUT2D eigenvalue weighted by molar-refractivity contribution is 6.22. The number of nitrogens with two attached hydrogens (primary N) is 1. The number of imide groups is 1. The Labute approximate surface area is 99.4 Å². The van der Waals surface area contributed by atoms with Crippen molar-refractivity contribution in [3.63, 3.8) is 0 Å². The summed E-state index contributed by atoms with van der Waals surface area (Å²) in [4.78, 5) is 25.7. The molecule has 1 saturated heterocycles. The van der Waals surface area contributed by atoms with Crippen molar-refractivity contribution < 1.29 is 9.59 Å². The van der Waals surface area contributed by atoms with Crippen LogP contribution < -0.4 is 10.6 Å². The maximum Gasteiger partial charge on any atom is 0.237 e. The molecule has 2 amide bonds. The number of amides is 2. The number of carbonyl (C=O) groups excluding carboxylic acids is 2. The van der Waals surface area contributed by atoms with E-state index in [1.54, 1.807) is 24.3 Å². The SMILES string of the molecule is Nc1cccc(N2C(=O)C3CCCC3C2=O)c1. The Morgan fingerprint density at radius 1 is 1.12 bits per heavy atom. The molecule has 1 saturated carbocycles. The second-order valence-electron chi connectivity index (χ2n) is 4.75. The summed E-state index contributed by atoms with van der Waals surface area (Å²) >= 11 is 0. The van der Waals surface area contributed by atoms with Gasteiger partial charge in [-0.1, -0.05) is 12.5 Å². The van der Waals surface area contributed by atoms with Crippen LogP contribution in [0, 0.1) is 11.8 Å². The Hall–Kier alpha value is -1.84. The van der Waals surface area contributed by atoms with Gasteiger partial charge in [0.05, 0.1) is 17.5 Å². The van der Waals surface area contributed by atoms with Gasteiger partial charge in [-0.2, -0.15) is 0 Å². The fourth-order valence-electron chi connectivity index (χ4n) is 2.91. The molecule has 0 spiro atoms. The van der Waals surface area contributed by atoms with Crippen LogP contribution >= 0.6 is 0 Å². The quantitative estimate of drug-likeness (QED) is 0.588. The van der Waals surface area contributed by atoms with E-state index in [2.05, 4.69) is 0 Å². The van der Waals surface area contributed by atoms with Crippen LogP contribution in [0.25, 0.3) is 0 Å². The minimum atomic E-state index is -0.0936. The summed E-state index contributed by atoms with van der Waals surface area (Å²) in [6, 6.07) is 6.94. The zero-order chi connectivity index (χ0) is 12.0. The highest BCUT2D eigenvalue weighted by atomic mass is 16.2. The Bertz CT molecular complexity index is 476. The molecule has 0 bridgehead atoms. The first-order chi connectivity index (χ1) is 8.18. The largest absolute Gasteiger partial charge is 0.399 e. The lowest BCUT2D eigenvalue weighted by Gasteiger charge is -2.16. The third-order valence-corrected chi connectivity index (χ3v) is 3.72. The van der Waals surface area contributed by atoms with Gasteiger partial charge in [-0.3, -0.25) is 9.59 Å². The predicted molar refractivity (Wildman–Crippen MR) is 64.2 cm³/mol. The van der Waals surface area contributed by atoms with Crippen molar-refractivity contribution in [2.75, 3.05) is 10.6 Å². The van der Waals surface area contributed by atoms with Crippen LogP contribution in [0.15, 0.2) is 24.3 Å². The van der Waals surface area contributed by atoms with Crippen LogP contribution in [0.2, 0.25) is 0 Å². The molecule has 1 aromatic carbocycles. The Balaban J connectivity index is 1.99. The summed E-state index contributed by atoms with van der Waals surface area (Å²) in [6.45, 7) is 0. The van der Waals surface area contributed by atoms with Crippen LogP contribution in [0.5, 0.6) is 0 Å². The lowest BCUT2D eigenvalue weighted by atomic mass is 10.00. The highest BCUT2D eigenvalue weighted by Crippen LogP contribution is 2.41. The Kier molecular flexibility index (Phi) is 2.18. The van der Waals surface area contributed by atoms with E-state index in [0.717, 1.165) is 19.3 Å². The predicted octanol–water partition coefficient (Wildman–Crippen LogP) is 1.56. The third kappa shape index (κ3) is 1.44. The van der Waals surface area contributed by atoms with Crippen LogP contribution in [0.3, 0.4) is 0 Å². The number of hydrogen-bond donors (Lipinski definition) is 1. The average Bonchev–Trinajstić information content (AvgIpc) is 2.84. The van der Waals surface area contributed by atoms with Crippen LogP contribution in [0.1, 0.15) is 19.3 Å². The van der Waals surface area contributed by atoms with Gasteiger partial charge in [-0.15, -0.1) is 0 Å². The van der Waals surface area contributed by atoms with Crippen LogP contribution in [0.4, 0.5) is 11.4 Å². The van der Waals surface area contributed by atoms with Gasteiger partial charge in [0.2, 0.25) is 11.8 Å². The van der Waals surface area contributed by atoms with E-state index in [-0.39, 0.29) is 23.7 Å². The van der Waals surface area contributed by atoms with Crippen molar-refractivity contribution in [3.8, 4) is 0 Å². The molecule has 2 fully saturated rings. The molecule has 1 aliphatic heterocycles. The summed E-state index contributed by atoms with van der Waals surface area (Å²) in [5.74, 6) is -0.293. The molecule has 1 heterocycles. The van der Waals surface area contributed by atoms with Gasteiger partial charge in [-0.25, -0.2) is 4.90 Å². The molecule has 0 radical (unpaired) electrons. The smallest absolute Gasteiger partial charge is 0.237 e. The van der Waals surface area contributed by atoms with Gasteiger partial charge >= 0.3 is 0 Å². The van der Waals surface area contributed by atoms with Gasteiger partial charge < -0.3 is 5.73 Å². The van der Waals surface area contributed by atoms with Crippen molar-refractivity contribution in [1.29, 1.82) is 0 Å². The van der Waals surface area contributed by atoms with Crippen molar-refractivity contribution in [2.24, 2.45) is 11.8 Å². The summed E-state index contributed by atoms with van der Waals surface area (Å²) in [6.07, 6.45) is 2.67. The lowest BCUT2D eigenvalue weighted by molar-refractivity contribution is -0.122. The molecule has 1 aromatic rings. The van der Waals surface area contributed by atoms with Crippen molar-refractivity contribution in [3.05, 3.63) is 24.3 Å². The van der Waals surface area contributed by atoms with E-state index in [0.29, 0.717) is 11.4 Å². The zero-order valence-corrected chi connectivity index (χ0v) is 9.43. The van der Waals surface area contributed by atoms with Gasteiger partial charge in [0.25, 0.3) is 0 Å². The molecule has 4 heteroatoms. The summed E-state index contributed by atoms with van der Waals surface area (Å²) in [5.41, 5.74) is 6.86. The third-order valence-electron chi connectivity index (χ3n) is 3.72. The number of rotatable bonds is 1. The highest BCUT2D eigenvalue weighted by Gasteiger charge is 2.50. The minimum absolute atomic E-state index is 0.0527. The second-order valence-corrected chi connectivity index (χ2v) is 4.75. The topological polar surface area (TPSA) is 63.4 Å². The minimum Gasteiger partial charge on any atom is -0.399 e. The number of carbonyl (C=O) groups is 2. The molecule has 17 heavy (non-hydrogen) atoms. The first-order valence-corrected chi connectivity index (χ1v) is 5.92. The molecule has 1 aliphatic carbocycles. The van der Waals surface area contributed by atoms with E-state index in [9.17, 15) is 9.59 Å². The molecule has 2 atom stereocenters. The zero-order valence-electron chi connectivity index (χ0n) is 9.43. The number of hydrogen-bond acceptors (Lipinski definition) is 3. The molecule has 3 rings (SSSR count). The van der Waals surface area contributed by atoms with Gasteiger partial charge in [0, 0.05) is 5.69 Å². The monoisotopic (exact) mass is 230 g/mol. The number of nitrogen functional groups attached to an aromatic ring is 1. The Morgan fingerprint density at radius 2 is 1.76 bits per heavy atom. The van der Waals surface area contributed by atoms with Gasteiger partial charge in [-0.05, 0) is 31.0 Å². The van der Waals surface area contributed by atoms with Crippen LogP contribution in [-0.4, -0.2) is 11.8 Å². The van der Waals surface area contributed by atoms with E-state index in [4.69, 9.17) is 5.73 Å². The lowest BCUT2D eigenvalue weighted by Crippen LogP contribution is -2.31. The fraction of sp³-hybridized carbons (Fsp3) is 0.385. The van der Waals surface area contributed by atoms with Gasteiger partial charge in [0.1, 0.15) is 0 Å². The summed E-state index contributed by atoms with van der Waals surface area (Å²) < 4.78 is 0. The molecular weight excluding hydrogens is 216 g/mol. The van der Waals surface area contributed by atoms with Crippen molar-refractivity contribution in [2.45, 2.75) is 19.3 Å². The molecule has 2 N–H and O–H groups in total. The molecule has 88 valence electrons. The number of fused-ring (bicyclic) bond motifs is 1.